The molecule has 0 aliphatic carbocycles. The van der Waals surface area contributed by atoms with Crippen molar-refractivity contribution >= 4 is 5.91 Å². The second-order valence-corrected chi connectivity index (χ2v) is 6.72. The van der Waals surface area contributed by atoms with E-state index < -0.39 is 0 Å². The number of aryl methyl sites for hydroxylation is 2. The van der Waals surface area contributed by atoms with Gasteiger partial charge in [-0.25, -0.2) is 4.98 Å². The average molecular weight is 343 g/mol. The summed E-state index contributed by atoms with van der Waals surface area (Å²) in [5.74, 6) is 1.27. The molecule has 1 aliphatic heterocycles. The third-order valence-corrected chi connectivity index (χ3v) is 4.92. The number of phenolic OH excluding ortho intramolecular Hbond substituents is 1. The van der Waals surface area contributed by atoms with Crippen LogP contribution >= 0.6 is 0 Å². The second-order valence-electron chi connectivity index (χ2n) is 6.72. The van der Waals surface area contributed by atoms with Crippen LogP contribution in [0, 0.1) is 6.92 Å². The molecule has 0 radical (unpaired) electrons. The van der Waals surface area contributed by atoms with Crippen LogP contribution in [-0.2, 0) is 17.8 Å². The molecule has 1 atom stereocenters. The summed E-state index contributed by atoms with van der Waals surface area (Å²) in [6.45, 7) is 4.21. The van der Waals surface area contributed by atoms with E-state index in [9.17, 15) is 9.90 Å². The van der Waals surface area contributed by atoms with E-state index in [0.29, 0.717) is 18.9 Å². The maximum absolute atomic E-state index is 12.5. The van der Waals surface area contributed by atoms with Crippen LogP contribution in [0.15, 0.2) is 35.1 Å². The number of amides is 1. The first-order valence-electron chi connectivity index (χ1n) is 8.68. The van der Waals surface area contributed by atoms with Crippen molar-refractivity contribution in [2.45, 2.75) is 38.8 Å². The number of rotatable bonds is 6. The molecular formula is C19H25N3O3. The Kier molecular flexibility index (Phi) is 5.38. The van der Waals surface area contributed by atoms with Gasteiger partial charge in [0.15, 0.2) is 6.39 Å². The minimum Gasteiger partial charge on any atom is -0.508 e. The molecule has 0 saturated carbocycles. The Morgan fingerprint density at radius 3 is 3.04 bits per heavy atom. The molecule has 25 heavy (non-hydrogen) atoms. The average Bonchev–Trinajstić information content (AvgIpc) is 3.23. The van der Waals surface area contributed by atoms with Crippen LogP contribution in [-0.4, -0.2) is 52.0 Å². The number of hydrogen-bond acceptors (Lipinski definition) is 5. The molecule has 6 nitrogen and oxygen atoms in total. The van der Waals surface area contributed by atoms with E-state index in [1.54, 1.807) is 12.1 Å². The van der Waals surface area contributed by atoms with Gasteiger partial charge < -0.3 is 14.4 Å². The number of phenols is 1. The van der Waals surface area contributed by atoms with E-state index in [2.05, 4.69) is 16.9 Å². The standard InChI is InChI=1S/C19H25N3O3/c1-14-18(20-13-25-14)12-21(2)16-8-9-22(11-16)19(24)7-6-15-4-3-5-17(23)10-15/h3-5,10,13,16,23H,6-9,11-12H2,1-2H3. The molecule has 0 bridgehead atoms. The first kappa shape index (κ1) is 17.5. The van der Waals surface area contributed by atoms with Crippen molar-refractivity contribution in [1.82, 2.24) is 14.8 Å². The highest BCUT2D eigenvalue weighted by Gasteiger charge is 2.29. The van der Waals surface area contributed by atoms with E-state index >= 15 is 0 Å². The first-order valence-corrected chi connectivity index (χ1v) is 8.68. The fourth-order valence-electron chi connectivity index (χ4n) is 3.29. The largest absolute Gasteiger partial charge is 0.508 e. The van der Waals surface area contributed by atoms with E-state index in [4.69, 9.17) is 4.42 Å². The number of likely N-dealkylation sites (tertiary alicyclic amines) is 1. The molecule has 6 heteroatoms. The molecule has 1 aromatic heterocycles. The van der Waals surface area contributed by atoms with Crippen LogP contribution < -0.4 is 0 Å². The number of carbonyl (C=O) groups is 1. The maximum atomic E-state index is 12.5. The highest BCUT2D eigenvalue weighted by molar-refractivity contribution is 5.76. The molecule has 1 saturated heterocycles. The minimum absolute atomic E-state index is 0.178. The third kappa shape index (κ3) is 4.39. The third-order valence-electron chi connectivity index (χ3n) is 4.92. The number of oxazole rings is 1. The van der Waals surface area contributed by atoms with Gasteiger partial charge in [-0.15, -0.1) is 0 Å². The van der Waals surface area contributed by atoms with Crippen molar-refractivity contribution < 1.29 is 14.3 Å². The van der Waals surface area contributed by atoms with Crippen molar-refractivity contribution in [3.05, 3.63) is 47.7 Å². The zero-order valence-electron chi connectivity index (χ0n) is 14.8. The van der Waals surface area contributed by atoms with Crippen LogP contribution in [0.2, 0.25) is 0 Å². The van der Waals surface area contributed by atoms with Gasteiger partial charge in [-0.1, -0.05) is 12.1 Å². The Hall–Kier alpha value is -2.34. The van der Waals surface area contributed by atoms with Gasteiger partial charge in [0.25, 0.3) is 0 Å². The van der Waals surface area contributed by atoms with Crippen molar-refractivity contribution in [2.24, 2.45) is 0 Å². The van der Waals surface area contributed by atoms with Gasteiger partial charge in [0, 0.05) is 32.1 Å². The van der Waals surface area contributed by atoms with Crippen molar-refractivity contribution in [2.75, 3.05) is 20.1 Å². The number of aromatic hydroxyl groups is 1. The predicted octanol–water partition coefficient (Wildman–Crippen LogP) is 2.35. The summed E-state index contributed by atoms with van der Waals surface area (Å²) in [6, 6.07) is 7.45. The Labute approximate surface area is 148 Å². The lowest BCUT2D eigenvalue weighted by Crippen LogP contribution is -2.36. The molecule has 0 spiro atoms. The van der Waals surface area contributed by atoms with Crippen LogP contribution in [0.1, 0.15) is 29.9 Å². The molecule has 1 unspecified atom stereocenters. The minimum atomic E-state index is 0.178. The molecule has 1 amide bonds. The van der Waals surface area contributed by atoms with Crippen molar-refractivity contribution in [1.29, 1.82) is 0 Å². The summed E-state index contributed by atoms with van der Waals surface area (Å²) in [6.07, 6.45) is 3.58. The normalized spacial score (nSPS) is 17.4. The smallest absolute Gasteiger partial charge is 0.222 e. The molecule has 1 aromatic carbocycles. The van der Waals surface area contributed by atoms with E-state index in [1.165, 1.54) is 6.39 Å². The summed E-state index contributed by atoms with van der Waals surface area (Å²) in [5.41, 5.74) is 1.94. The molecule has 1 fully saturated rings. The lowest BCUT2D eigenvalue weighted by Gasteiger charge is -2.24. The zero-order valence-corrected chi connectivity index (χ0v) is 14.8. The number of likely N-dealkylation sites (N-methyl/N-ethyl adjacent to an activating group) is 1. The topological polar surface area (TPSA) is 69.8 Å². The molecule has 1 N–H and O–H groups in total. The monoisotopic (exact) mass is 343 g/mol. The van der Waals surface area contributed by atoms with Crippen LogP contribution in [0.5, 0.6) is 5.75 Å². The van der Waals surface area contributed by atoms with Crippen LogP contribution in [0.4, 0.5) is 0 Å². The molecular weight excluding hydrogens is 318 g/mol. The van der Waals surface area contributed by atoms with Crippen molar-refractivity contribution in [3.63, 3.8) is 0 Å². The number of hydrogen-bond donors (Lipinski definition) is 1. The number of benzene rings is 1. The first-order chi connectivity index (χ1) is 12.0. The van der Waals surface area contributed by atoms with Gasteiger partial charge in [-0.2, -0.15) is 0 Å². The lowest BCUT2D eigenvalue weighted by molar-refractivity contribution is -0.130. The second kappa shape index (κ2) is 7.70. The summed E-state index contributed by atoms with van der Waals surface area (Å²) in [5, 5.41) is 9.50. The molecule has 3 rings (SSSR count). The van der Waals surface area contributed by atoms with E-state index in [-0.39, 0.29) is 11.7 Å². The van der Waals surface area contributed by atoms with Crippen molar-refractivity contribution in [3.8, 4) is 5.75 Å². The van der Waals surface area contributed by atoms with Gasteiger partial charge in [-0.3, -0.25) is 9.69 Å². The van der Waals surface area contributed by atoms with Gasteiger partial charge >= 0.3 is 0 Å². The summed E-state index contributed by atoms with van der Waals surface area (Å²) >= 11 is 0. The number of carbonyl (C=O) groups excluding carboxylic acids is 1. The fraction of sp³-hybridized carbons (Fsp3) is 0.474. The lowest BCUT2D eigenvalue weighted by atomic mass is 10.1. The molecule has 2 aromatic rings. The van der Waals surface area contributed by atoms with Crippen LogP contribution in [0.3, 0.4) is 0 Å². The van der Waals surface area contributed by atoms with Gasteiger partial charge in [0.1, 0.15) is 11.5 Å². The number of nitrogens with zero attached hydrogens (tertiary/aromatic N) is 3. The molecule has 1 aliphatic rings. The molecule has 134 valence electrons. The summed E-state index contributed by atoms with van der Waals surface area (Å²) in [7, 11) is 2.07. The van der Waals surface area contributed by atoms with E-state index in [0.717, 1.165) is 43.1 Å². The summed E-state index contributed by atoms with van der Waals surface area (Å²) < 4.78 is 5.25. The van der Waals surface area contributed by atoms with Gasteiger partial charge in [0.2, 0.25) is 5.91 Å². The van der Waals surface area contributed by atoms with Gasteiger partial charge in [0.05, 0.1) is 5.69 Å². The Morgan fingerprint density at radius 2 is 2.32 bits per heavy atom. The molecule has 2 heterocycles. The SMILES string of the molecule is Cc1ocnc1CN(C)C1CCN(C(=O)CCc2cccc(O)c2)C1. The van der Waals surface area contributed by atoms with Crippen LogP contribution in [0.25, 0.3) is 0 Å². The maximum Gasteiger partial charge on any atom is 0.222 e. The predicted molar refractivity (Wildman–Crippen MR) is 94.1 cm³/mol. The highest BCUT2D eigenvalue weighted by atomic mass is 16.3. The summed E-state index contributed by atoms with van der Waals surface area (Å²) in [4.78, 5) is 20.9. The Balaban J connectivity index is 1.48. The van der Waals surface area contributed by atoms with Gasteiger partial charge in [-0.05, 0) is 44.5 Å². The Morgan fingerprint density at radius 1 is 1.48 bits per heavy atom. The van der Waals surface area contributed by atoms with E-state index in [1.807, 2.05) is 24.0 Å². The number of aromatic nitrogens is 1. The quantitative estimate of drug-likeness (QED) is 0.872. The fourth-order valence-corrected chi connectivity index (χ4v) is 3.29. The zero-order chi connectivity index (χ0) is 17.8. The highest BCUT2D eigenvalue weighted by Crippen LogP contribution is 2.19. The Bertz CT molecular complexity index is 728.